The molecule has 0 bridgehead atoms. The van der Waals surface area contributed by atoms with Crippen LogP contribution >= 0.6 is 0 Å². The molecule has 1 amide bonds. The summed E-state index contributed by atoms with van der Waals surface area (Å²) in [5.74, 6) is 0.380. The van der Waals surface area contributed by atoms with Crippen LogP contribution in [0.1, 0.15) is 23.0 Å². The Bertz CT molecular complexity index is 743. The van der Waals surface area contributed by atoms with E-state index >= 15 is 0 Å². The maximum Gasteiger partial charge on any atom is 0.271 e. The zero-order valence-electron chi connectivity index (χ0n) is 13.8. The molecule has 1 aromatic heterocycles. The number of methoxy groups -OCH3 is 1. The topological polar surface area (TPSA) is 82.5 Å². The number of para-hydroxylation sites is 1. The number of benzene rings is 1. The molecule has 0 radical (unpaired) electrons. The minimum absolute atomic E-state index is 0.180. The molecule has 0 saturated carbocycles. The van der Waals surface area contributed by atoms with Crippen molar-refractivity contribution < 1.29 is 14.3 Å². The van der Waals surface area contributed by atoms with Crippen LogP contribution in [0, 0.1) is 0 Å². The molecule has 0 saturated heterocycles. The third-order valence-corrected chi connectivity index (χ3v) is 3.32. The van der Waals surface area contributed by atoms with Gasteiger partial charge >= 0.3 is 0 Å². The van der Waals surface area contributed by atoms with Crippen LogP contribution in [0.3, 0.4) is 0 Å². The van der Waals surface area contributed by atoms with Crippen molar-refractivity contribution in [3.05, 3.63) is 58.0 Å². The quantitative estimate of drug-likeness (QED) is 0.786. The Kier molecular flexibility index (Phi) is 6.51. The molecule has 7 nitrogen and oxygen atoms in total. The summed E-state index contributed by atoms with van der Waals surface area (Å²) >= 11 is 0. The van der Waals surface area contributed by atoms with Crippen molar-refractivity contribution in [3.63, 3.8) is 0 Å². The highest BCUT2D eigenvalue weighted by Gasteiger charge is 2.11. The van der Waals surface area contributed by atoms with Crippen LogP contribution in [0.25, 0.3) is 0 Å². The van der Waals surface area contributed by atoms with E-state index in [-0.39, 0.29) is 17.2 Å². The van der Waals surface area contributed by atoms with E-state index in [9.17, 15) is 9.59 Å². The second-order valence-corrected chi connectivity index (χ2v) is 5.00. The molecular weight excluding hydrogens is 310 g/mol. The predicted octanol–water partition coefficient (Wildman–Crippen LogP) is 1.22. The molecule has 7 heteroatoms. The first kappa shape index (κ1) is 17.7. The van der Waals surface area contributed by atoms with Crippen LogP contribution in [0.15, 0.2) is 41.2 Å². The summed E-state index contributed by atoms with van der Waals surface area (Å²) in [5.41, 5.74) is 0.783. The summed E-state index contributed by atoms with van der Waals surface area (Å²) in [6.07, 6.45) is 0. The first-order chi connectivity index (χ1) is 11.7. The number of carbonyl (C=O) groups is 1. The number of rotatable bonds is 8. The smallest absolute Gasteiger partial charge is 0.271 e. The van der Waals surface area contributed by atoms with Gasteiger partial charge in [-0.25, -0.2) is 4.68 Å². The van der Waals surface area contributed by atoms with Gasteiger partial charge in [0.05, 0.1) is 19.8 Å². The highest BCUT2D eigenvalue weighted by Crippen LogP contribution is 2.17. The molecule has 0 fully saturated rings. The lowest BCUT2D eigenvalue weighted by Crippen LogP contribution is -2.30. The third kappa shape index (κ3) is 4.66. The summed E-state index contributed by atoms with van der Waals surface area (Å²) in [5, 5.41) is 6.85. The van der Waals surface area contributed by atoms with Gasteiger partial charge in [0.15, 0.2) is 0 Å². The van der Waals surface area contributed by atoms with Gasteiger partial charge in [-0.3, -0.25) is 9.59 Å². The first-order valence-electron chi connectivity index (χ1n) is 7.71. The zero-order chi connectivity index (χ0) is 17.4. The number of amides is 1. The number of ether oxygens (including phenoxy) is 2. The SMILES string of the molecule is CCOc1ccccc1CNC(=O)c1ccc(=O)n(CCOC)n1. The van der Waals surface area contributed by atoms with Crippen molar-refractivity contribution in [1.82, 2.24) is 15.1 Å². The Hall–Kier alpha value is -2.67. The van der Waals surface area contributed by atoms with Gasteiger partial charge in [0.2, 0.25) is 0 Å². The number of aromatic nitrogens is 2. The van der Waals surface area contributed by atoms with E-state index in [1.165, 1.54) is 23.9 Å². The largest absolute Gasteiger partial charge is 0.494 e. The first-order valence-corrected chi connectivity index (χ1v) is 7.71. The minimum Gasteiger partial charge on any atom is -0.494 e. The Balaban J connectivity index is 2.06. The average Bonchev–Trinajstić information content (AvgIpc) is 2.60. The number of hydrogen-bond donors (Lipinski definition) is 1. The van der Waals surface area contributed by atoms with Gasteiger partial charge in [-0.1, -0.05) is 18.2 Å². The van der Waals surface area contributed by atoms with Crippen LogP contribution in [-0.2, 0) is 17.8 Å². The van der Waals surface area contributed by atoms with Gasteiger partial charge in [-0.15, -0.1) is 0 Å². The number of nitrogens with zero attached hydrogens (tertiary/aromatic N) is 2. The summed E-state index contributed by atoms with van der Waals surface area (Å²) in [7, 11) is 1.54. The van der Waals surface area contributed by atoms with E-state index in [1.807, 2.05) is 31.2 Å². The molecule has 1 N–H and O–H groups in total. The third-order valence-electron chi connectivity index (χ3n) is 3.32. The molecular formula is C17H21N3O4. The van der Waals surface area contributed by atoms with E-state index in [1.54, 1.807) is 0 Å². The molecule has 2 aromatic rings. The maximum atomic E-state index is 12.3. The van der Waals surface area contributed by atoms with Gasteiger partial charge in [0, 0.05) is 25.3 Å². The molecule has 1 aromatic carbocycles. The van der Waals surface area contributed by atoms with E-state index in [4.69, 9.17) is 9.47 Å². The molecule has 24 heavy (non-hydrogen) atoms. The number of carbonyl (C=O) groups excluding carboxylic acids is 1. The van der Waals surface area contributed by atoms with Crippen LogP contribution in [0.5, 0.6) is 5.75 Å². The Labute approximate surface area is 140 Å². The fraction of sp³-hybridized carbons (Fsp3) is 0.353. The van der Waals surface area contributed by atoms with Crippen molar-refractivity contribution >= 4 is 5.91 Å². The summed E-state index contributed by atoms with van der Waals surface area (Å²) in [6, 6.07) is 10.2. The maximum absolute atomic E-state index is 12.3. The molecule has 0 aliphatic carbocycles. The molecule has 0 aliphatic rings. The van der Waals surface area contributed by atoms with Gasteiger partial charge < -0.3 is 14.8 Å². The highest BCUT2D eigenvalue weighted by molar-refractivity contribution is 5.91. The fourth-order valence-corrected chi connectivity index (χ4v) is 2.12. The van der Waals surface area contributed by atoms with Crippen LogP contribution in [-0.4, -0.2) is 36.0 Å². The average molecular weight is 331 g/mol. The van der Waals surface area contributed by atoms with E-state index < -0.39 is 0 Å². The predicted molar refractivity (Wildman–Crippen MR) is 89.2 cm³/mol. The van der Waals surface area contributed by atoms with E-state index in [0.717, 1.165) is 11.3 Å². The van der Waals surface area contributed by atoms with Crippen LogP contribution in [0.4, 0.5) is 0 Å². The van der Waals surface area contributed by atoms with Gasteiger partial charge in [-0.05, 0) is 19.1 Å². The Morgan fingerprint density at radius 2 is 2.04 bits per heavy atom. The van der Waals surface area contributed by atoms with Crippen LogP contribution in [0.2, 0.25) is 0 Å². The summed E-state index contributed by atoms with van der Waals surface area (Å²) < 4.78 is 11.7. The fourth-order valence-electron chi connectivity index (χ4n) is 2.12. The van der Waals surface area contributed by atoms with E-state index in [2.05, 4.69) is 10.4 Å². The van der Waals surface area contributed by atoms with Gasteiger partial charge in [-0.2, -0.15) is 5.10 Å². The lowest BCUT2D eigenvalue weighted by Gasteiger charge is -2.11. The zero-order valence-corrected chi connectivity index (χ0v) is 13.8. The van der Waals surface area contributed by atoms with Gasteiger partial charge in [0.1, 0.15) is 11.4 Å². The normalized spacial score (nSPS) is 10.4. The van der Waals surface area contributed by atoms with Crippen LogP contribution < -0.4 is 15.6 Å². The van der Waals surface area contributed by atoms with E-state index in [0.29, 0.717) is 26.3 Å². The standard InChI is InChI=1S/C17H21N3O4/c1-3-24-15-7-5-4-6-13(15)12-18-17(22)14-8-9-16(21)20(19-14)10-11-23-2/h4-9H,3,10-12H2,1-2H3,(H,18,22). The Morgan fingerprint density at radius 3 is 2.79 bits per heavy atom. The Morgan fingerprint density at radius 1 is 1.25 bits per heavy atom. The molecule has 0 atom stereocenters. The highest BCUT2D eigenvalue weighted by atomic mass is 16.5. The molecule has 1 heterocycles. The van der Waals surface area contributed by atoms with Crippen molar-refractivity contribution in [1.29, 1.82) is 0 Å². The second kappa shape index (κ2) is 8.83. The summed E-state index contributed by atoms with van der Waals surface area (Å²) in [6.45, 7) is 3.41. The lowest BCUT2D eigenvalue weighted by atomic mass is 10.2. The van der Waals surface area contributed by atoms with Gasteiger partial charge in [0.25, 0.3) is 11.5 Å². The number of hydrogen-bond acceptors (Lipinski definition) is 5. The van der Waals surface area contributed by atoms with Crippen molar-refractivity contribution in [2.45, 2.75) is 20.0 Å². The lowest BCUT2D eigenvalue weighted by molar-refractivity contribution is 0.0942. The number of nitrogens with one attached hydrogen (secondary N) is 1. The molecule has 0 spiro atoms. The summed E-state index contributed by atoms with van der Waals surface area (Å²) in [4.78, 5) is 24.0. The molecule has 128 valence electrons. The van der Waals surface area contributed by atoms with Crippen molar-refractivity contribution in [3.8, 4) is 5.75 Å². The minimum atomic E-state index is -0.354. The van der Waals surface area contributed by atoms with Crippen molar-refractivity contribution in [2.75, 3.05) is 20.3 Å². The van der Waals surface area contributed by atoms with Crippen molar-refractivity contribution in [2.24, 2.45) is 0 Å². The molecule has 2 rings (SSSR count). The monoisotopic (exact) mass is 331 g/mol. The second-order valence-electron chi connectivity index (χ2n) is 5.00. The molecule has 0 aliphatic heterocycles. The molecule has 0 unspecified atom stereocenters.